The molecule has 0 bridgehead atoms. The Hall–Kier alpha value is -3.34. The molecule has 0 fully saturated rings. The maximum Gasteiger partial charge on any atom is 0.247 e. The number of aromatic nitrogens is 2. The number of nitrogens with zero attached hydrogens (tertiary/aromatic N) is 2. The lowest BCUT2D eigenvalue weighted by molar-refractivity contribution is -0.117. The molecule has 32 heavy (non-hydrogen) atoms. The molecule has 164 valence electrons. The van der Waals surface area contributed by atoms with E-state index >= 15 is 0 Å². The van der Waals surface area contributed by atoms with Gasteiger partial charge in [0.25, 0.3) is 0 Å². The minimum Gasteiger partial charge on any atom is -0.494 e. The summed E-state index contributed by atoms with van der Waals surface area (Å²) in [5.74, 6) is 0.156. The predicted octanol–water partition coefficient (Wildman–Crippen LogP) is 3.75. The highest BCUT2D eigenvalue weighted by atomic mass is 32.2. The second-order valence-corrected chi connectivity index (χ2v) is 9.01. The van der Waals surface area contributed by atoms with Crippen LogP contribution in [0.1, 0.15) is 18.5 Å². The van der Waals surface area contributed by atoms with Crippen molar-refractivity contribution < 1.29 is 17.9 Å². The van der Waals surface area contributed by atoms with Crippen LogP contribution < -0.4 is 14.8 Å². The van der Waals surface area contributed by atoms with E-state index in [-0.39, 0.29) is 10.4 Å². The molecule has 0 unspecified atom stereocenters. The Labute approximate surface area is 189 Å². The number of fused-ring (bicyclic) bond motifs is 1. The number of nitrogens with one attached hydrogen (secondary N) is 2. The van der Waals surface area contributed by atoms with Crippen LogP contribution in [0.4, 0.5) is 5.69 Å². The van der Waals surface area contributed by atoms with Crippen molar-refractivity contribution in [3.63, 3.8) is 0 Å². The monoisotopic (exact) mass is 468 g/mol. The Bertz CT molecular complexity index is 1320. The van der Waals surface area contributed by atoms with Gasteiger partial charge in [-0.2, -0.15) is 13.5 Å². The summed E-state index contributed by atoms with van der Waals surface area (Å²) in [6, 6.07) is 19.1. The van der Waals surface area contributed by atoms with E-state index in [4.69, 9.17) is 4.74 Å². The summed E-state index contributed by atoms with van der Waals surface area (Å²) in [6.07, 6.45) is 0. The summed E-state index contributed by atoms with van der Waals surface area (Å²) in [6.45, 7) is 2.42. The van der Waals surface area contributed by atoms with Crippen molar-refractivity contribution >= 4 is 44.4 Å². The third-order valence-corrected chi connectivity index (χ3v) is 6.64. The number of rotatable bonds is 8. The second kappa shape index (κ2) is 9.43. The molecule has 0 aliphatic carbocycles. The zero-order valence-electron chi connectivity index (χ0n) is 17.1. The van der Waals surface area contributed by atoms with E-state index < -0.39 is 22.0 Å². The molecule has 10 heteroatoms. The molecule has 0 spiro atoms. The summed E-state index contributed by atoms with van der Waals surface area (Å²) in [5, 5.41) is 2.77. The lowest BCUT2D eigenvalue weighted by atomic mass is 10.1. The number of hydrogen-bond acceptors (Lipinski definition) is 7. The van der Waals surface area contributed by atoms with Gasteiger partial charge < -0.3 is 10.1 Å². The van der Waals surface area contributed by atoms with Gasteiger partial charge in [0.15, 0.2) is 0 Å². The Morgan fingerprint density at radius 3 is 2.47 bits per heavy atom. The number of ether oxygens (including phenoxy) is 1. The van der Waals surface area contributed by atoms with E-state index in [1.54, 1.807) is 66.7 Å². The van der Waals surface area contributed by atoms with Crippen LogP contribution in [0.3, 0.4) is 0 Å². The SMILES string of the molecule is CCOc1ccc(NC(=O)[C@@H](NS(=O)(=O)c2cccc3nsnc23)c2ccccc2)cc1. The first-order valence-electron chi connectivity index (χ1n) is 9.80. The number of amides is 1. The molecule has 1 amide bonds. The highest BCUT2D eigenvalue weighted by Gasteiger charge is 2.29. The molecule has 0 saturated carbocycles. The first-order valence-corrected chi connectivity index (χ1v) is 12.0. The zero-order valence-corrected chi connectivity index (χ0v) is 18.7. The summed E-state index contributed by atoms with van der Waals surface area (Å²) in [5.41, 5.74) is 1.77. The maximum atomic E-state index is 13.2. The van der Waals surface area contributed by atoms with E-state index in [0.717, 1.165) is 11.7 Å². The molecule has 0 radical (unpaired) electrons. The van der Waals surface area contributed by atoms with Crippen molar-refractivity contribution in [2.24, 2.45) is 0 Å². The van der Waals surface area contributed by atoms with E-state index in [0.29, 0.717) is 29.1 Å². The van der Waals surface area contributed by atoms with Crippen molar-refractivity contribution in [3.05, 3.63) is 78.4 Å². The van der Waals surface area contributed by atoms with Crippen LogP contribution in [0, 0.1) is 0 Å². The standard InChI is InChI=1S/C22H20N4O4S2/c1-2-30-17-13-11-16(12-14-17)23-22(27)20(15-7-4-3-5-8-15)26-32(28,29)19-10-6-9-18-21(19)25-31-24-18/h3-14,20,26H,2H2,1H3,(H,23,27)/t20-/m0/s1. The van der Waals surface area contributed by atoms with Gasteiger partial charge in [0.2, 0.25) is 15.9 Å². The summed E-state index contributed by atoms with van der Waals surface area (Å²) < 4.78 is 42.6. The molecule has 1 atom stereocenters. The van der Waals surface area contributed by atoms with Gasteiger partial charge >= 0.3 is 0 Å². The fourth-order valence-corrected chi connectivity index (χ4v) is 5.10. The normalized spacial score (nSPS) is 12.4. The number of anilines is 1. The average Bonchev–Trinajstić information content (AvgIpc) is 3.28. The Morgan fingerprint density at radius 1 is 1.00 bits per heavy atom. The lowest BCUT2D eigenvalue weighted by Crippen LogP contribution is -2.37. The van der Waals surface area contributed by atoms with Crippen molar-refractivity contribution in [1.82, 2.24) is 13.5 Å². The minimum atomic E-state index is -4.08. The van der Waals surface area contributed by atoms with Gasteiger partial charge in [-0.15, -0.1) is 0 Å². The van der Waals surface area contributed by atoms with Crippen LogP contribution in [-0.2, 0) is 14.8 Å². The minimum absolute atomic E-state index is 0.0291. The smallest absolute Gasteiger partial charge is 0.247 e. The quantitative estimate of drug-likeness (QED) is 0.408. The van der Waals surface area contributed by atoms with Crippen LogP contribution >= 0.6 is 11.7 Å². The number of benzene rings is 3. The summed E-state index contributed by atoms with van der Waals surface area (Å²) >= 11 is 0.929. The molecule has 8 nitrogen and oxygen atoms in total. The van der Waals surface area contributed by atoms with Gasteiger partial charge in [-0.1, -0.05) is 36.4 Å². The lowest BCUT2D eigenvalue weighted by Gasteiger charge is -2.19. The van der Waals surface area contributed by atoms with Crippen molar-refractivity contribution in [1.29, 1.82) is 0 Å². The molecular formula is C22H20N4O4S2. The van der Waals surface area contributed by atoms with Gasteiger partial charge in [-0.05, 0) is 48.9 Å². The largest absolute Gasteiger partial charge is 0.494 e. The molecule has 0 aliphatic rings. The fraction of sp³-hybridized carbons (Fsp3) is 0.136. The third kappa shape index (κ3) is 4.77. The first kappa shape index (κ1) is 21.9. The van der Waals surface area contributed by atoms with Crippen LogP contribution in [0.25, 0.3) is 11.0 Å². The van der Waals surface area contributed by atoms with E-state index in [2.05, 4.69) is 18.8 Å². The van der Waals surface area contributed by atoms with Gasteiger partial charge in [0, 0.05) is 5.69 Å². The molecule has 3 aromatic carbocycles. The van der Waals surface area contributed by atoms with E-state index in [9.17, 15) is 13.2 Å². The van der Waals surface area contributed by atoms with Crippen molar-refractivity contribution in [3.8, 4) is 5.75 Å². The number of hydrogen-bond donors (Lipinski definition) is 2. The van der Waals surface area contributed by atoms with Crippen LogP contribution in [0.2, 0.25) is 0 Å². The average molecular weight is 469 g/mol. The molecule has 0 aliphatic heterocycles. The zero-order chi connectivity index (χ0) is 22.6. The topological polar surface area (TPSA) is 110 Å². The predicted molar refractivity (Wildman–Crippen MR) is 123 cm³/mol. The Balaban J connectivity index is 1.64. The van der Waals surface area contributed by atoms with Crippen molar-refractivity contribution in [2.75, 3.05) is 11.9 Å². The molecular weight excluding hydrogens is 448 g/mol. The van der Waals surface area contributed by atoms with Gasteiger partial charge in [0.05, 0.1) is 18.3 Å². The van der Waals surface area contributed by atoms with Crippen LogP contribution in [0.15, 0.2) is 77.7 Å². The maximum absolute atomic E-state index is 13.2. The summed E-state index contributed by atoms with van der Waals surface area (Å²) in [7, 11) is -4.08. The van der Waals surface area contributed by atoms with Crippen molar-refractivity contribution in [2.45, 2.75) is 17.9 Å². The molecule has 1 heterocycles. The number of carbonyl (C=O) groups is 1. The number of carbonyl (C=O) groups excluding carboxylic acids is 1. The van der Waals surface area contributed by atoms with Gasteiger partial charge in [-0.3, -0.25) is 4.79 Å². The fourth-order valence-electron chi connectivity index (χ4n) is 3.15. The highest BCUT2D eigenvalue weighted by Crippen LogP contribution is 2.25. The Morgan fingerprint density at radius 2 is 1.75 bits per heavy atom. The molecule has 0 saturated heterocycles. The molecule has 2 N–H and O–H groups in total. The third-order valence-electron chi connectivity index (χ3n) is 4.64. The molecule has 4 rings (SSSR count). The Kier molecular flexibility index (Phi) is 6.45. The van der Waals surface area contributed by atoms with Gasteiger partial charge in [0.1, 0.15) is 27.7 Å². The van der Waals surface area contributed by atoms with Crippen LogP contribution in [-0.4, -0.2) is 29.7 Å². The second-order valence-electron chi connectivity index (χ2n) is 6.80. The number of sulfonamides is 1. The van der Waals surface area contributed by atoms with E-state index in [1.807, 2.05) is 6.92 Å². The molecule has 4 aromatic rings. The van der Waals surface area contributed by atoms with Crippen LogP contribution in [0.5, 0.6) is 5.75 Å². The highest BCUT2D eigenvalue weighted by molar-refractivity contribution is 7.89. The first-order chi connectivity index (χ1) is 15.5. The van der Waals surface area contributed by atoms with E-state index in [1.165, 1.54) is 6.07 Å². The van der Waals surface area contributed by atoms with Gasteiger partial charge in [-0.25, -0.2) is 8.42 Å². The molecule has 1 aromatic heterocycles. The summed E-state index contributed by atoms with van der Waals surface area (Å²) in [4.78, 5) is 13.1.